The number of thioether (sulfide) groups is 1. The van der Waals surface area contributed by atoms with Crippen molar-refractivity contribution >= 4 is 33.4 Å². The fraction of sp³-hybridized carbons (Fsp3) is 0.316. The molecule has 144 valence electrons. The molecule has 0 spiro atoms. The summed E-state index contributed by atoms with van der Waals surface area (Å²) in [7, 11) is -3.47. The third-order valence-corrected chi connectivity index (χ3v) is 7.40. The number of carbonyl (C=O) groups excluding carboxylic acids is 1. The van der Waals surface area contributed by atoms with Gasteiger partial charge in [-0.25, -0.2) is 12.8 Å². The minimum atomic E-state index is -3.47. The van der Waals surface area contributed by atoms with Gasteiger partial charge < -0.3 is 5.32 Å². The number of rotatable bonds is 6. The minimum Gasteiger partial charge on any atom is -0.325 e. The Kier molecular flexibility index (Phi) is 6.18. The highest BCUT2D eigenvalue weighted by atomic mass is 32.2. The Bertz CT molecular complexity index is 911. The molecule has 27 heavy (non-hydrogen) atoms. The average Bonchev–Trinajstić information content (AvgIpc) is 3.19. The lowest BCUT2D eigenvalue weighted by Crippen LogP contribution is -2.27. The predicted molar refractivity (Wildman–Crippen MR) is 105 cm³/mol. The first-order valence-electron chi connectivity index (χ1n) is 8.70. The lowest BCUT2D eigenvalue weighted by atomic mass is 10.3. The largest absolute Gasteiger partial charge is 0.325 e. The highest BCUT2D eigenvalue weighted by Gasteiger charge is 2.27. The van der Waals surface area contributed by atoms with E-state index >= 15 is 0 Å². The second-order valence-electron chi connectivity index (χ2n) is 6.32. The van der Waals surface area contributed by atoms with E-state index in [1.807, 2.05) is 0 Å². The van der Waals surface area contributed by atoms with Crippen LogP contribution in [0.3, 0.4) is 0 Å². The number of hydrogen-bond acceptors (Lipinski definition) is 4. The third kappa shape index (κ3) is 4.69. The van der Waals surface area contributed by atoms with Crippen molar-refractivity contribution in [2.24, 2.45) is 0 Å². The molecule has 1 atom stereocenters. The van der Waals surface area contributed by atoms with Gasteiger partial charge in [0.05, 0.1) is 10.1 Å². The van der Waals surface area contributed by atoms with Crippen LogP contribution in [0.5, 0.6) is 0 Å². The fourth-order valence-electron chi connectivity index (χ4n) is 2.82. The number of amides is 1. The molecule has 1 unspecified atom stereocenters. The number of benzene rings is 2. The Morgan fingerprint density at radius 1 is 1.11 bits per heavy atom. The molecule has 8 heteroatoms. The SMILES string of the molecule is CC(Sc1ccccc1F)C(=O)Nc1ccc(S(=O)(=O)N2CCCC2)cc1. The zero-order valence-electron chi connectivity index (χ0n) is 14.9. The molecule has 5 nitrogen and oxygen atoms in total. The van der Waals surface area contributed by atoms with E-state index in [1.54, 1.807) is 37.3 Å². The van der Waals surface area contributed by atoms with Crippen LogP contribution in [0.1, 0.15) is 19.8 Å². The van der Waals surface area contributed by atoms with Crippen LogP contribution in [0.2, 0.25) is 0 Å². The van der Waals surface area contributed by atoms with Crippen molar-refractivity contribution in [2.45, 2.75) is 34.8 Å². The van der Waals surface area contributed by atoms with Gasteiger partial charge in [0.25, 0.3) is 0 Å². The van der Waals surface area contributed by atoms with Crippen molar-refractivity contribution in [3.8, 4) is 0 Å². The fourth-order valence-corrected chi connectivity index (χ4v) is 5.22. The van der Waals surface area contributed by atoms with E-state index < -0.39 is 15.3 Å². The van der Waals surface area contributed by atoms with Crippen LogP contribution < -0.4 is 5.32 Å². The maximum absolute atomic E-state index is 13.7. The summed E-state index contributed by atoms with van der Waals surface area (Å²) in [6.07, 6.45) is 1.76. The zero-order chi connectivity index (χ0) is 19.4. The van der Waals surface area contributed by atoms with Crippen molar-refractivity contribution in [3.63, 3.8) is 0 Å². The van der Waals surface area contributed by atoms with Crippen LogP contribution >= 0.6 is 11.8 Å². The summed E-state index contributed by atoms with van der Waals surface area (Å²) in [6.45, 7) is 2.79. The van der Waals surface area contributed by atoms with Crippen molar-refractivity contribution in [1.82, 2.24) is 4.31 Å². The molecule has 0 radical (unpaired) electrons. The van der Waals surface area contributed by atoms with Gasteiger partial charge in [-0.1, -0.05) is 12.1 Å². The quantitative estimate of drug-likeness (QED) is 0.740. The molecule has 1 saturated heterocycles. The molecule has 0 aliphatic carbocycles. The summed E-state index contributed by atoms with van der Waals surface area (Å²) in [5.41, 5.74) is 0.501. The Balaban J connectivity index is 1.64. The topological polar surface area (TPSA) is 66.5 Å². The van der Waals surface area contributed by atoms with Gasteiger partial charge in [0.1, 0.15) is 5.82 Å². The summed E-state index contributed by atoms with van der Waals surface area (Å²) >= 11 is 1.13. The number of carbonyl (C=O) groups is 1. The maximum Gasteiger partial charge on any atom is 0.243 e. The van der Waals surface area contributed by atoms with Gasteiger partial charge in [0, 0.05) is 23.7 Å². The van der Waals surface area contributed by atoms with Crippen LogP contribution in [-0.2, 0) is 14.8 Å². The minimum absolute atomic E-state index is 0.219. The number of halogens is 1. The van der Waals surface area contributed by atoms with Crippen molar-refractivity contribution in [2.75, 3.05) is 18.4 Å². The van der Waals surface area contributed by atoms with Gasteiger partial charge >= 0.3 is 0 Å². The lowest BCUT2D eigenvalue weighted by Gasteiger charge is -2.16. The van der Waals surface area contributed by atoms with E-state index in [1.165, 1.54) is 22.5 Å². The Hall–Kier alpha value is -1.90. The summed E-state index contributed by atoms with van der Waals surface area (Å²) in [5, 5.41) is 2.23. The summed E-state index contributed by atoms with van der Waals surface area (Å²) < 4.78 is 40.2. The van der Waals surface area contributed by atoms with E-state index in [0.717, 1.165) is 24.6 Å². The molecule has 2 aromatic rings. The molecular weight excluding hydrogens is 387 g/mol. The second-order valence-corrected chi connectivity index (χ2v) is 9.64. The summed E-state index contributed by atoms with van der Waals surface area (Å²) in [6, 6.07) is 12.4. The standard InChI is InChI=1S/C19H21FN2O3S2/c1-14(26-18-7-3-2-6-17(18)20)19(23)21-15-8-10-16(11-9-15)27(24,25)22-12-4-5-13-22/h2-3,6-11,14H,4-5,12-13H2,1H3,(H,21,23). The van der Waals surface area contributed by atoms with Crippen molar-refractivity contribution in [3.05, 3.63) is 54.3 Å². The van der Waals surface area contributed by atoms with Crippen LogP contribution in [0.4, 0.5) is 10.1 Å². The molecule has 1 fully saturated rings. The average molecular weight is 409 g/mol. The monoisotopic (exact) mass is 408 g/mol. The van der Waals surface area contributed by atoms with E-state index in [4.69, 9.17) is 0 Å². The molecule has 1 aliphatic heterocycles. The molecule has 0 aromatic heterocycles. The number of hydrogen-bond donors (Lipinski definition) is 1. The van der Waals surface area contributed by atoms with Crippen molar-refractivity contribution < 1.29 is 17.6 Å². The van der Waals surface area contributed by atoms with E-state index in [9.17, 15) is 17.6 Å². The normalized spacial score (nSPS) is 16.2. The molecule has 1 heterocycles. The molecule has 1 N–H and O–H groups in total. The zero-order valence-corrected chi connectivity index (χ0v) is 16.5. The van der Waals surface area contributed by atoms with Gasteiger partial charge in [-0.3, -0.25) is 4.79 Å². The molecular formula is C19H21FN2O3S2. The van der Waals surface area contributed by atoms with Gasteiger partial charge in [-0.05, 0) is 56.2 Å². The third-order valence-electron chi connectivity index (χ3n) is 4.33. The first-order valence-corrected chi connectivity index (χ1v) is 11.0. The lowest BCUT2D eigenvalue weighted by molar-refractivity contribution is -0.115. The predicted octanol–water partition coefficient (Wildman–Crippen LogP) is 3.73. The first-order chi connectivity index (χ1) is 12.9. The van der Waals surface area contributed by atoms with Crippen LogP contribution in [0, 0.1) is 5.82 Å². The summed E-state index contributed by atoms with van der Waals surface area (Å²) in [4.78, 5) is 13.0. The number of anilines is 1. The van der Waals surface area contributed by atoms with Gasteiger partial charge in [0.15, 0.2) is 0 Å². The highest BCUT2D eigenvalue weighted by Crippen LogP contribution is 2.27. The van der Waals surface area contributed by atoms with Crippen LogP contribution in [0.15, 0.2) is 58.3 Å². The van der Waals surface area contributed by atoms with Gasteiger partial charge in [-0.2, -0.15) is 4.31 Å². The number of nitrogens with one attached hydrogen (secondary N) is 1. The Morgan fingerprint density at radius 3 is 2.37 bits per heavy atom. The Labute approximate surface area is 163 Å². The number of sulfonamides is 1. The molecule has 3 rings (SSSR count). The van der Waals surface area contributed by atoms with Crippen molar-refractivity contribution in [1.29, 1.82) is 0 Å². The van der Waals surface area contributed by atoms with E-state index in [0.29, 0.717) is 23.7 Å². The maximum atomic E-state index is 13.7. The first kappa shape index (κ1) is 19.9. The van der Waals surface area contributed by atoms with E-state index in [-0.39, 0.29) is 16.6 Å². The molecule has 1 amide bonds. The smallest absolute Gasteiger partial charge is 0.243 e. The van der Waals surface area contributed by atoms with Gasteiger partial charge in [0.2, 0.25) is 15.9 Å². The molecule has 2 aromatic carbocycles. The number of nitrogens with zero attached hydrogens (tertiary/aromatic N) is 1. The van der Waals surface area contributed by atoms with Crippen LogP contribution in [-0.4, -0.2) is 37.0 Å². The van der Waals surface area contributed by atoms with Crippen LogP contribution in [0.25, 0.3) is 0 Å². The molecule has 0 bridgehead atoms. The molecule has 0 saturated carbocycles. The molecule has 1 aliphatic rings. The van der Waals surface area contributed by atoms with E-state index in [2.05, 4.69) is 5.32 Å². The Morgan fingerprint density at radius 2 is 1.74 bits per heavy atom. The van der Waals surface area contributed by atoms with Gasteiger partial charge in [-0.15, -0.1) is 11.8 Å². The highest BCUT2D eigenvalue weighted by molar-refractivity contribution is 8.00. The summed E-state index contributed by atoms with van der Waals surface area (Å²) in [5.74, 6) is -0.642. The second kappa shape index (κ2) is 8.41.